The topological polar surface area (TPSA) is 81.2 Å². The number of aromatic amines is 1. The van der Waals surface area contributed by atoms with Crippen molar-refractivity contribution in [3.8, 4) is 0 Å². The second-order valence-corrected chi connectivity index (χ2v) is 5.46. The molecule has 2 rings (SSSR count). The van der Waals surface area contributed by atoms with E-state index < -0.39 is 0 Å². The van der Waals surface area contributed by atoms with Gasteiger partial charge in [0.05, 0.1) is 29.7 Å². The van der Waals surface area contributed by atoms with E-state index in [9.17, 15) is 9.90 Å². The number of amides is 1. The lowest BCUT2D eigenvalue weighted by atomic mass is 10.2. The van der Waals surface area contributed by atoms with Crippen LogP contribution in [0.5, 0.6) is 0 Å². The Morgan fingerprint density at radius 3 is 2.79 bits per heavy atom. The molecule has 1 aliphatic rings. The van der Waals surface area contributed by atoms with Gasteiger partial charge in [-0.15, -0.1) is 0 Å². The summed E-state index contributed by atoms with van der Waals surface area (Å²) in [6.07, 6.45) is 1.90. The van der Waals surface area contributed by atoms with Crippen LogP contribution < -0.4 is 5.32 Å². The van der Waals surface area contributed by atoms with E-state index in [2.05, 4.69) is 15.5 Å². The first-order valence-electron chi connectivity index (χ1n) is 6.65. The Bertz CT molecular complexity index is 434. The molecule has 1 atom stereocenters. The van der Waals surface area contributed by atoms with Crippen LogP contribution in [-0.4, -0.2) is 52.4 Å². The van der Waals surface area contributed by atoms with Crippen molar-refractivity contribution in [2.45, 2.75) is 32.8 Å². The second-order valence-electron chi connectivity index (χ2n) is 5.46. The van der Waals surface area contributed by atoms with Crippen LogP contribution in [0.3, 0.4) is 0 Å². The van der Waals surface area contributed by atoms with Crippen LogP contribution in [0.1, 0.15) is 24.2 Å². The third kappa shape index (κ3) is 3.78. The monoisotopic (exact) mass is 266 g/mol. The Kier molecular flexibility index (Phi) is 4.21. The molecule has 0 spiro atoms. The van der Waals surface area contributed by atoms with E-state index in [4.69, 9.17) is 0 Å². The van der Waals surface area contributed by atoms with Gasteiger partial charge < -0.3 is 10.4 Å². The van der Waals surface area contributed by atoms with E-state index in [0.717, 1.165) is 29.9 Å². The van der Waals surface area contributed by atoms with E-state index in [-0.39, 0.29) is 18.6 Å². The maximum Gasteiger partial charge on any atom is 0.238 e. The Balaban J connectivity index is 1.80. The lowest BCUT2D eigenvalue weighted by Crippen LogP contribution is -2.36. The highest BCUT2D eigenvalue weighted by atomic mass is 16.3. The van der Waals surface area contributed by atoms with Crippen molar-refractivity contribution in [3.63, 3.8) is 0 Å². The molecule has 1 aromatic heterocycles. The molecular weight excluding hydrogens is 244 g/mol. The third-order valence-corrected chi connectivity index (χ3v) is 3.47. The molecule has 1 aliphatic carbocycles. The fraction of sp³-hybridized carbons (Fsp3) is 0.692. The highest BCUT2D eigenvalue weighted by molar-refractivity contribution is 5.93. The van der Waals surface area contributed by atoms with Crippen molar-refractivity contribution in [3.05, 3.63) is 11.4 Å². The zero-order valence-corrected chi connectivity index (χ0v) is 11.7. The molecule has 106 valence electrons. The molecule has 0 radical (unpaired) electrons. The number of nitrogens with one attached hydrogen (secondary N) is 2. The molecule has 0 aromatic carbocycles. The van der Waals surface area contributed by atoms with Gasteiger partial charge in [0, 0.05) is 6.54 Å². The van der Waals surface area contributed by atoms with Gasteiger partial charge in [0.25, 0.3) is 0 Å². The number of aliphatic hydroxyl groups excluding tert-OH is 1. The van der Waals surface area contributed by atoms with Crippen LogP contribution in [0.25, 0.3) is 0 Å². The number of carbonyl (C=O) groups excluding carboxylic acids is 1. The van der Waals surface area contributed by atoms with E-state index in [0.29, 0.717) is 12.5 Å². The molecule has 1 saturated carbocycles. The quantitative estimate of drug-likeness (QED) is 0.707. The van der Waals surface area contributed by atoms with Gasteiger partial charge >= 0.3 is 0 Å². The van der Waals surface area contributed by atoms with Gasteiger partial charge in [-0.05, 0) is 39.7 Å². The number of aliphatic hydroxyl groups is 1. The van der Waals surface area contributed by atoms with Crippen LogP contribution in [0.4, 0.5) is 5.69 Å². The summed E-state index contributed by atoms with van der Waals surface area (Å²) in [5, 5.41) is 19.5. The summed E-state index contributed by atoms with van der Waals surface area (Å²) in [4.78, 5) is 13.8. The summed E-state index contributed by atoms with van der Waals surface area (Å²) in [6, 6.07) is 0. The molecule has 3 N–H and O–H groups in total. The standard InChI is InChI=1S/C13H22N4O2/c1-8-13(9(2)16-15-8)14-12(19)7-17(3)6-11(18)10-4-5-10/h10-11,18H,4-7H2,1-3H3,(H,14,19)(H,15,16). The highest BCUT2D eigenvalue weighted by Gasteiger charge is 2.30. The number of carbonyl (C=O) groups is 1. The summed E-state index contributed by atoms with van der Waals surface area (Å²) in [6.45, 7) is 4.53. The molecule has 1 fully saturated rings. The molecule has 1 aromatic rings. The van der Waals surface area contributed by atoms with Gasteiger partial charge in [0.2, 0.25) is 5.91 Å². The number of hydrogen-bond acceptors (Lipinski definition) is 4. The lowest BCUT2D eigenvalue weighted by molar-refractivity contribution is -0.117. The number of H-pyrrole nitrogens is 1. The molecule has 19 heavy (non-hydrogen) atoms. The van der Waals surface area contributed by atoms with Gasteiger partial charge in [-0.3, -0.25) is 14.8 Å². The number of rotatable bonds is 6. The SMILES string of the molecule is Cc1n[nH]c(C)c1NC(=O)CN(C)CC(O)C1CC1. The van der Waals surface area contributed by atoms with Gasteiger partial charge in [-0.1, -0.05) is 0 Å². The van der Waals surface area contributed by atoms with E-state index in [1.807, 2.05) is 25.8 Å². The minimum atomic E-state index is -0.310. The number of aryl methyl sites for hydroxylation is 2. The zero-order valence-electron chi connectivity index (χ0n) is 11.7. The van der Waals surface area contributed by atoms with Gasteiger partial charge in [0.15, 0.2) is 0 Å². The fourth-order valence-corrected chi connectivity index (χ4v) is 2.17. The van der Waals surface area contributed by atoms with E-state index in [1.165, 1.54) is 0 Å². The molecule has 1 heterocycles. The molecule has 1 amide bonds. The van der Waals surface area contributed by atoms with Gasteiger partial charge in [-0.25, -0.2) is 0 Å². The predicted molar refractivity (Wildman–Crippen MR) is 72.9 cm³/mol. The fourth-order valence-electron chi connectivity index (χ4n) is 2.17. The first-order chi connectivity index (χ1) is 8.97. The van der Waals surface area contributed by atoms with Crippen LogP contribution in [-0.2, 0) is 4.79 Å². The van der Waals surface area contributed by atoms with Gasteiger partial charge in [0.1, 0.15) is 0 Å². The summed E-state index contributed by atoms with van der Waals surface area (Å²) in [5.41, 5.74) is 2.39. The van der Waals surface area contributed by atoms with Crippen LogP contribution in [0.2, 0.25) is 0 Å². The largest absolute Gasteiger partial charge is 0.392 e. The molecule has 6 heteroatoms. The van der Waals surface area contributed by atoms with Crippen LogP contribution >= 0.6 is 0 Å². The molecule has 0 aliphatic heterocycles. The Labute approximate surface area is 113 Å². The molecule has 0 bridgehead atoms. The molecular formula is C13H22N4O2. The molecule has 0 saturated heterocycles. The van der Waals surface area contributed by atoms with Crippen molar-refractivity contribution >= 4 is 11.6 Å². The van der Waals surface area contributed by atoms with Crippen molar-refractivity contribution < 1.29 is 9.90 Å². The number of anilines is 1. The molecule has 6 nitrogen and oxygen atoms in total. The Morgan fingerprint density at radius 1 is 1.58 bits per heavy atom. The third-order valence-electron chi connectivity index (χ3n) is 3.47. The van der Waals surface area contributed by atoms with Crippen molar-refractivity contribution in [2.75, 3.05) is 25.5 Å². The summed E-state index contributed by atoms with van der Waals surface area (Å²) < 4.78 is 0. The highest BCUT2D eigenvalue weighted by Crippen LogP contribution is 2.32. The Hall–Kier alpha value is -1.40. The maximum absolute atomic E-state index is 11.9. The van der Waals surface area contributed by atoms with Crippen molar-refractivity contribution in [1.82, 2.24) is 15.1 Å². The summed E-state index contributed by atoms with van der Waals surface area (Å²) in [5.74, 6) is 0.349. The first kappa shape index (κ1) is 14.0. The number of aromatic nitrogens is 2. The van der Waals surface area contributed by atoms with E-state index in [1.54, 1.807) is 0 Å². The van der Waals surface area contributed by atoms with E-state index >= 15 is 0 Å². The maximum atomic E-state index is 11.9. The lowest BCUT2D eigenvalue weighted by Gasteiger charge is -2.19. The second kappa shape index (κ2) is 5.71. The smallest absolute Gasteiger partial charge is 0.238 e. The minimum Gasteiger partial charge on any atom is -0.392 e. The van der Waals surface area contributed by atoms with Crippen molar-refractivity contribution in [2.24, 2.45) is 5.92 Å². The van der Waals surface area contributed by atoms with Crippen LogP contribution in [0, 0.1) is 19.8 Å². The average Bonchev–Trinajstić information content (AvgIpc) is 3.12. The predicted octanol–water partition coefficient (Wildman–Crippen LogP) is 0.668. The van der Waals surface area contributed by atoms with Crippen LogP contribution in [0.15, 0.2) is 0 Å². The summed E-state index contributed by atoms with van der Waals surface area (Å²) in [7, 11) is 1.85. The number of nitrogens with zero attached hydrogens (tertiary/aromatic N) is 2. The average molecular weight is 266 g/mol. The molecule has 1 unspecified atom stereocenters. The summed E-state index contributed by atoms with van der Waals surface area (Å²) >= 11 is 0. The van der Waals surface area contributed by atoms with Gasteiger partial charge in [-0.2, -0.15) is 5.10 Å². The van der Waals surface area contributed by atoms with Crippen molar-refractivity contribution in [1.29, 1.82) is 0 Å². The first-order valence-corrected chi connectivity index (χ1v) is 6.65. The Morgan fingerprint density at radius 2 is 2.26 bits per heavy atom. The zero-order chi connectivity index (χ0) is 14.0. The number of likely N-dealkylation sites (N-methyl/N-ethyl adjacent to an activating group) is 1. The normalized spacial score (nSPS) is 16.7. The number of hydrogen-bond donors (Lipinski definition) is 3. The minimum absolute atomic E-state index is 0.0851.